The molecule has 3 atom stereocenters. The molecule has 0 spiro atoms. The van der Waals surface area contributed by atoms with Crippen LogP contribution in [0.25, 0.3) is 10.9 Å². The van der Waals surface area contributed by atoms with Crippen LogP contribution in [0.2, 0.25) is 0 Å². The van der Waals surface area contributed by atoms with E-state index in [1.54, 1.807) is 30.3 Å². The van der Waals surface area contributed by atoms with Gasteiger partial charge >= 0.3 is 12.4 Å². The molecule has 0 aliphatic carbocycles. The number of fused-ring (bicyclic) bond motifs is 1. The summed E-state index contributed by atoms with van der Waals surface area (Å²) in [5, 5.41) is 9.68. The zero-order chi connectivity index (χ0) is 23.3. The van der Waals surface area contributed by atoms with Crippen molar-refractivity contribution < 1.29 is 31.4 Å². The molecular formula is C22H18F6N2O2. The molecule has 4 nitrogen and oxygen atoms in total. The summed E-state index contributed by atoms with van der Waals surface area (Å²) < 4.78 is 80.8. The molecule has 32 heavy (non-hydrogen) atoms. The molecule has 1 aliphatic heterocycles. The van der Waals surface area contributed by atoms with Gasteiger partial charge in [0.05, 0.1) is 17.6 Å². The summed E-state index contributed by atoms with van der Waals surface area (Å²) in [5.41, 5.74) is -1.43. The fraction of sp³-hybridized carbons (Fsp3) is 0.318. The minimum absolute atomic E-state index is 0.00394. The summed E-state index contributed by atoms with van der Waals surface area (Å²) >= 11 is 0. The molecule has 2 N–H and O–H groups in total. The van der Waals surface area contributed by atoms with Gasteiger partial charge in [-0.05, 0) is 36.6 Å². The van der Waals surface area contributed by atoms with Gasteiger partial charge in [0, 0.05) is 22.7 Å². The maximum atomic E-state index is 13.6. The Morgan fingerprint density at radius 1 is 0.969 bits per heavy atom. The number of H-pyrrole nitrogens is 1. The van der Waals surface area contributed by atoms with E-state index in [2.05, 4.69) is 4.98 Å². The number of anilines is 1. The van der Waals surface area contributed by atoms with Crippen LogP contribution in [0, 0.1) is 0 Å². The number of hydrogen-bond acceptors (Lipinski definition) is 3. The number of aromatic amines is 1. The predicted octanol–water partition coefficient (Wildman–Crippen LogP) is 5.18. The Morgan fingerprint density at radius 2 is 1.66 bits per heavy atom. The van der Waals surface area contributed by atoms with Crippen LogP contribution >= 0.6 is 0 Å². The fourth-order valence-electron chi connectivity index (χ4n) is 4.38. The van der Waals surface area contributed by atoms with Gasteiger partial charge in [-0.3, -0.25) is 4.79 Å². The molecule has 2 heterocycles. The number of nitrogens with zero attached hydrogens (tertiary/aromatic N) is 1. The Morgan fingerprint density at radius 3 is 2.28 bits per heavy atom. The predicted molar refractivity (Wildman–Crippen MR) is 106 cm³/mol. The first kappa shape index (κ1) is 22.2. The lowest BCUT2D eigenvalue weighted by atomic mass is 10.0. The van der Waals surface area contributed by atoms with E-state index in [9.17, 15) is 36.2 Å². The Kier molecular flexibility index (Phi) is 5.44. The van der Waals surface area contributed by atoms with Crippen molar-refractivity contribution in [2.75, 3.05) is 4.90 Å². The number of nitrogens with one attached hydrogen (secondary N) is 1. The second-order valence-electron chi connectivity index (χ2n) is 7.74. The molecule has 0 bridgehead atoms. The van der Waals surface area contributed by atoms with Crippen LogP contribution in [-0.4, -0.2) is 28.4 Å². The molecule has 1 aromatic heterocycles. The highest BCUT2D eigenvalue weighted by molar-refractivity contribution is 5.86. The Labute approximate surface area is 178 Å². The lowest BCUT2D eigenvalue weighted by Gasteiger charge is -2.36. The minimum atomic E-state index is -4.90. The fourth-order valence-corrected chi connectivity index (χ4v) is 4.38. The lowest BCUT2D eigenvalue weighted by molar-refractivity contribution is -0.209. The van der Waals surface area contributed by atoms with E-state index >= 15 is 0 Å². The van der Waals surface area contributed by atoms with E-state index < -0.39 is 41.7 Å². The van der Waals surface area contributed by atoms with Gasteiger partial charge in [-0.1, -0.05) is 30.3 Å². The number of aliphatic hydroxyl groups is 1. The zero-order valence-corrected chi connectivity index (χ0v) is 16.4. The molecule has 0 amide bonds. The number of alkyl halides is 6. The summed E-state index contributed by atoms with van der Waals surface area (Å²) in [6.45, 7) is 0. The van der Waals surface area contributed by atoms with Crippen molar-refractivity contribution in [1.82, 2.24) is 4.98 Å². The van der Waals surface area contributed by atoms with Crippen LogP contribution in [-0.2, 0) is 6.18 Å². The Bertz CT molecular complexity index is 1170. The van der Waals surface area contributed by atoms with Crippen molar-refractivity contribution >= 4 is 16.6 Å². The van der Waals surface area contributed by atoms with E-state index in [4.69, 9.17) is 0 Å². The Balaban J connectivity index is 1.89. The molecule has 0 radical (unpaired) electrons. The highest BCUT2D eigenvalue weighted by Gasteiger charge is 2.50. The van der Waals surface area contributed by atoms with Crippen molar-refractivity contribution in [3.05, 3.63) is 76.1 Å². The maximum Gasteiger partial charge on any atom is 0.417 e. The molecule has 10 heteroatoms. The van der Waals surface area contributed by atoms with Gasteiger partial charge in [-0.15, -0.1) is 0 Å². The number of rotatable bonds is 3. The van der Waals surface area contributed by atoms with Crippen LogP contribution in [0.5, 0.6) is 0 Å². The number of hydrogen-bond donors (Lipinski definition) is 2. The van der Waals surface area contributed by atoms with Crippen molar-refractivity contribution in [3.8, 4) is 0 Å². The van der Waals surface area contributed by atoms with Crippen molar-refractivity contribution in [1.29, 1.82) is 0 Å². The van der Waals surface area contributed by atoms with Crippen LogP contribution < -0.4 is 10.5 Å². The smallest absolute Gasteiger partial charge is 0.382 e. The van der Waals surface area contributed by atoms with Crippen molar-refractivity contribution in [2.45, 2.75) is 43.4 Å². The quantitative estimate of drug-likeness (QED) is 0.534. The van der Waals surface area contributed by atoms with Gasteiger partial charge in [-0.2, -0.15) is 26.3 Å². The molecule has 1 aliphatic rings. The summed E-state index contributed by atoms with van der Waals surface area (Å²) in [7, 11) is 0. The molecule has 2 aromatic carbocycles. The normalized spacial score (nSPS) is 20.7. The molecule has 170 valence electrons. The number of aromatic nitrogens is 1. The second-order valence-corrected chi connectivity index (χ2v) is 7.74. The third kappa shape index (κ3) is 4.06. The highest BCUT2D eigenvalue weighted by Crippen LogP contribution is 2.45. The van der Waals surface area contributed by atoms with E-state index in [1.807, 2.05) is 0 Å². The molecular weight excluding hydrogens is 438 g/mol. The van der Waals surface area contributed by atoms with Crippen LogP contribution in [0.1, 0.15) is 30.0 Å². The van der Waals surface area contributed by atoms with E-state index in [1.165, 1.54) is 17.0 Å². The van der Waals surface area contributed by atoms with E-state index in [0.717, 1.165) is 6.07 Å². The van der Waals surface area contributed by atoms with Crippen molar-refractivity contribution in [2.24, 2.45) is 0 Å². The highest BCUT2D eigenvalue weighted by atomic mass is 19.4. The lowest BCUT2D eigenvalue weighted by Crippen LogP contribution is -2.47. The first-order valence-corrected chi connectivity index (χ1v) is 9.79. The van der Waals surface area contributed by atoms with Gasteiger partial charge in [-0.25, -0.2) is 0 Å². The summed E-state index contributed by atoms with van der Waals surface area (Å²) in [5.74, 6) is 0. The molecule has 0 saturated carbocycles. The van der Waals surface area contributed by atoms with Gasteiger partial charge in [0.15, 0.2) is 6.10 Å². The molecule has 4 rings (SSSR count). The third-order valence-corrected chi connectivity index (χ3v) is 5.74. The van der Waals surface area contributed by atoms with E-state index in [-0.39, 0.29) is 29.4 Å². The van der Waals surface area contributed by atoms with Gasteiger partial charge < -0.3 is 15.0 Å². The maximum absolute atomic E-state index is 13.6. The summed E-state index contributed by atoms with van der Waals surface area (Å²) in [6.07, 6.45) is -12.1. The standard InChI is InChI=1S/C22H18F6N2O2/c23-21(24,25)15-11-19(31)29-16-7-6-13(10-14(15)16)30-17(12-4-2-1-3-5-12)8-9-18(30)20(32)22(26,27)28/h1-7,10-11,17-18,20,32H,8-9H2,(H,29,31). The van der Waals surface area contributed by atoms with Crippen LogP contribution in [0.15, 0.2) is 59.4 Å². The van der Waals surface area contributed by atoms with Crippen molar-refractivity contribution in [3.63, 3.8) is 0 Å². The van der Waals surface area contributed by atoms with E-state index in [0.29, 0.717) is 11.6 Å². The summed E-state index contributed by atoms with van der Waals surface area (Å²) in [4.78, 5) is 15.3. The summed E-state index contributed by atoms with van der Waals surface area (Å²) in [6, 6.07) is 10.8. The third-order valence-electron chi connectivity index (χ3n) is 5.74. The van der Waals surface area contributed by atoms with Crippen LogP contribution in [0.4, 0.5) is 32.0 Å². The van der Waals surface area contributed by atoms with Gasteiger partial charge in [0.2, 0.25) is 5.56 Å². The van der Waals surface area contributed by atoms with Gasteiger partial charge in [0.25, 0.3) is 0 Å². The molecule has 1 fully saturated rings. The largest absolute Gasteiger partial charge is 0.417 e. The number of benzene rings is 2. The Hall–Kier alpha value is -3.01. The molecule has 3 aromatic rings. The minimum Gasteiger partial charge on any atom is -0.382 e. The van der Waals surface area contributed by atoms with Gasteiger partial charge in [0.1, 0.15) is 0 Å². The topological polar surface area (TPSA) is 56.3 Å². The molecule has 3 unspecified atom stereocenters. The first-order valence-electron chi connectivity index (χ1n) is 9.79. The monoisotopic (exact) mass is 456 g/mol. The SMILES string of the molecule is O=c1cc(C(F)(F)F)c2cc(N3C(c4ccccc4)CCC3C(O)C(F)(F)F)ccc2[nH]1. The second kappa shape index (κ2) is 7.84. The average Bonchev–Trinajstić information content (AvgIpc) is 3.16. The zero-order valence-electron chi connectivity index (χ0n) is 16.4. The molecule has 1 saturated heterocycles. The number of aliphatic hydroxyl groups excluding tert-OH is 1. The number of halogens is 6. The average molecular weight is 456 g/mol. The first-order chi connectivity index (χ1) is 15.0. The number of pyridine rings is 1. The van der Waals surface area contributed by atoms with Crippen LogP contribution in [0.3, 0.4) is 0 Å².